The second-order valence-corrected chi connectivity index (χ2v) is 2.95. The Hall–Kier alpha value is -1.27. The number of benzene rings is 1. The van der Waals surface area contributed by atoms with Crippen molar-refractivity contribution in [3.63, 3.8) is 0 Å². The highest BCUT2D eigenvalue weighted by Gasteiger charge is 2.09. The minimum absolute atomic E-state index is 0.0716. The molecule has 0 aromatic heterocycles. The van der Waals surface area contributed by atoms with Crippen LogP contribution in [0, 0.1) is 12.3 Å². The quantitative estimate of drug-likeness (QED) is 0.706. The second kappa shape index (κ2) is 4.83. The zero-order chi connectivity index (χ0) is 10.6. The average molecular weight is 217 g/mol. The van der Waals surface area contributed by atoms with Crippen LogP contribution < -0.4 is 4.74 Å². The average Bonchev–Trinajstić information content (AvgIpc) is 2.09. The summed E-state index contributed by atoms with van der Waals surface area (Å²) in [5.74, 6) is 2.41. The first kappa shape index (κ1) is 10.8. The van der Waals surface area contributed by atoms with E-state index >= 15 is 0 Å². The van der Waals surface area contributed by atoms with Crippen LogP contribution in [0.5, 0.6) is 5.75 Å². The van der Waals surface area contributed by atoms with Gasteiger partial charge in [-0.15, -0.1) is 12.3 Å². The fourth-order valence-corrected chi connectivity index (χ4v) is 1.20. The van der Waals surface area contributed by atoms with Crippen molar-refractivity contribution in [2.45, 2.75) is 13.0 Å². The first-order valence-corrected chi connectivity index (χ1v) is 4.18. The van der Waals surface area contributed by atoms with Gasteiger partial charge in [0.2, 0.25) is 0 Å². The number of ether oxygens (including phenoxy) is 1. The molecule has 4 heteroatoms. The van der Waals surface area contributed by atoms with Crippen LogP contribution in [0.15, 0.2) is 18.2 Å². The molecule has 0 N–H and O–H groups in total. The number of hydrogen-bond donors (Lipinski definition) is 0. The topological polar surface area (TPSA) is 9.23 Å². The van der Waals surface area contributed by atoms with Gasteiger partial charge in [0.15, 0.2) is 0 Å². The molecule has 1 aromatic rings. The Bertz CT molecular complexity index is 358. The van der Waals surface area contributed by atoms with Crippen LogP contribution in [-0.4, -0.2) is 6.61 Å². The number of halogens is 3. The maximum Gasteiger partial charge on any atom is 0.387 e. The van der Waals surface area contributed by atoms with Gasteiger partial charge in [-0.3, -0.25) is 0 Å². The Morgan fingerprint density at radius 1 is 1.50 bits per heavy atom. The van der Waals surface area contributed by atoms with E-state index < -0.39 is 6.61 Å². The lowest BCUT2D eigenvalue weighted by Crippen LogP contribution is -2.04. The highest BCUT2D eigenvalue weighted by atomic mass is 35.5. The molecule has 0 radical (unpaired) electrons. The summed E-state index contributed by atoms with van der Waals surface area (Å²) in [5, 5.41) is 0.442. The zero-order valence-electron chi connectivity index (χ0n) is 7.14. The SMILES string of the molecule is C#CCc1cc(Cl)ccc1OC(F)F. The Labute approximate surface area is 85.6 Å². The molecule has 0 saturated heterocycles. The highest BCUT2D eigenvalue weighted by Crippen LogP contribution is 2.24. The van der Waals surface area contributed by atoms with Crippen LogP contribution in [0.25, 0.3) is 0 Å². The molecule has 0 spiro atoms. The van der Waals surface area contributed by atoms with Gasteiger partial charge in [0.05, 0.1) is 0 Å². The van der Waals surface area contributed by atoms with Crippen molar-refractivity contribution in [1.82, 2.24) is 0 Å². The molecule has 0 saturated carbocycles. The van der Waals surface area contributed by atoms with Crippen LogP contribution in [0.4, 0.5) is 8.78 Å². The van der Waals surface area contributed by atoms with Gasteiger partial charge in [-0.1, -0.05) is 11.6 Å². The molecule has 0 aliphatic rings. The van der Waals surface area contributed by atoms with Gasteiger partial charge in [0.25, 0.3) is 0 Å². The van der Waals surface area contributed by atoms with Crippen LogP contribution in [0.2, 0.25) is 5.02 Å². The maximum atomic E-state index is 11.9. The molecule has 0 aliphatic carbocycles. The van der Waals surface area contributed by atoms with E-state index in [1.54, 1.807) is 0 Å². The van der Waals surface area contributed by atoms with Gasteiger partial charge in [0.1, 0.15) is 5.75 Å². The van der Waals surface area contributed by atoms with Gasteiger partial charge in [-0.2, -0.15) is 8.78 Å². The van der Waals surface area contributed by atoms with Crippen molar-refractivity contribution >= 4 is 11.6 Å². The number of hydrogen-bond acceptors (Lipinski definition) is 1. The van der Waals surface area contributed by atoms with Gasteiger partial charge < -0.3 is 4.74 Å². The van der Waals surface area contributed by atoms with Crippen molar-refractivity contribution in [1.29, 1.82) is 0 Å². The standard InChI is InChI=1S/C10H7ClF2O/c1-2-3-7-6-8(11)4-5-9(7)14-10(12)13/h1,4-6,10H,3H2. The lowest BCUT2D eigenvalue weighted by atomic mass is 10.1. The fourth-order valence-electron chi connectivity index (χ4n) is 1.01. The Balaban J connectivity index is 2.97. The van der Waals surface area contributed by atoms with Crippen LogP contribution in [0.3, 0.4) is 0 Å². The largest absolute Gasteiger partial charge is 0.435 e. The molecular formula is C10H7ClF2O. The smallest absolute Gasteiger partial charge is 0.387 e. The molecular weight excluding hydrogens is 210 g/mol. The summed E-state index contributed by atoms with van der Waals surface area (Å²) < 4.78 is 28.1. The first-order chi connectivity index (χ1) is 6.63. The van der Waals surface area contributed by atoms with Crippen LogP contribution >= 0.6 is 11.6 Å². The lowest BCUT2D eigenvalue weighted by Gasteiger charge is -2.08. The normalized spacial score (nSPS) is 9.93. The minimum atomic E-state index is -2.85. The lowest BCUT2D eigenvalue weighted by molar-refractivity contribution is -0.0503. The predicted octanol–water partition coefficient (Wildman–Crippen LogP) is 3.12. The molecule has 0 fully saturated rings. The summed E-state index contributed by atoms with van der Waals surface area (Å²) in [5.41, 5.74) is 0.486. The van der Waals surface area contributed by atoms with Gasteiger partial charge in [-0.25, -0.2) is 0 Å². The molecule has 0 bridgehead atoms. The van der Waals surface area contributed by atoms with Gasteiger partial charge in [-0.05, 0) is 18.2 Å². The van der Waals surface area contributed by atoms with E-state index in [1.165, 1.54) is 18.2 Å². The second-order valence-electron chi connectivity index (χ2n) is 2.51. The van der Waals surface area contributed by atoms with Crippen molar-refractivity contribution in [3.05, 3.63) is 28.8 Å². The third kappa shape index (κ3) is 2.90. The Kier molecular flexibility index (Phi) is 3.73. The zero-order valence-corrected chi connectivity index (χ0v) is 7.89. The third-order valence-electron chi connectivity index (χ3n) is 1.53. The minimum Gasteiger partial charge on any atom is -0.435 e. The molecule has 0 unspecified atom stereocenters. The van der Waals surface area contributed by atoms with Crippen molar-refractivity contribution in [2.75, 3.05) is 0 Å². The fraction of sp³-hybridized carbons (Fsp3) is 0.200. The summed E-state index contributed by atoms with van der Waals surface area (Å²) in [7, 11) is 0. The molecule has 74 valence electrons. The van der Waals surface area contributed by atoms with Gasteiger partial charge >= 0.3 is 6.61 Å². The maximum absolute atomic E-state index is 11.9. The van der Waals surface area contributed by atoms with E-state index in [4.69, 9.17) is 18.0 Å². The molecule has 0 aliphatic heterocycles. The third-order valence-corrected chi connectivity index (χ3v) is 1.77. The number of rotatable bonds is 3. The van der Waals surface area contributed by atoms with Crippen molar-refractivity contribution in [3.8, 4) is 18.1 Å². The van der Waals surface area contributed by atoms with E-state index in [0.717, 1.165) is 0 Å². The van der Waals surface area contributed by atoms with E-state index in [9.17, 15) is 8.78 Å². The van der Waals surface area contributed by atoms with E-state index in [0.29, 0.717) is 10.6 Å². The molecule has 1 aromatic carbocycles. The molecule has 0 amide bonds. The summed E-state index contributed by atoms with van der Waals surface area (Å²) in [6.07, 6.45) is 5.29. The summed E-state index contributed by atoms with van der Waals surface area (Å²) in [6.45, 7) is -2.85. The summed E-state index contributed by atoms with van der Waals surface area (Å²) >= 11 is 5.68. The molecule has 14 heavy (non-hydrogen) atoms. The monoisotopic (exact) mass is 216 g/mol. The highest BCUT2D eigenvalue weighted by molar-refractivity contribution is 6.30. The molecule has 1 rings (SSSR count). The first-order valence-electron chi connectivity index (χ1n) is 3.80. The summed E-state index contributed by atoms with van der Waals surface area (Å²) in [4.78, 5) is 0. The van der Waals surface area contributed by atoms with E-state index in [2.05, 4.69) is 10.7 Å². The van der Waals surface area contributed by atoms with Crippen molar-refractivity contribution < 1.29 is 13.5 Å². The predicted molar refractivity (Wildman–Crippen MR) is 50.6 cm³/mol. The molecule has 0 heterocycles. The Morgan fingerprint density at radius 2 is 2.21 bits per heavy atom. The number of alkyl halides is 2. The van der Waals surface area contributed by atoms with E-state index in [-0.39, 0.29) is 12.2 Å². The number of terminal acetylenes is 1. The van der Waals surface area contributed by atoms with Crippen molar-refractivity contribution in [2.24, 2.45) is 0 Å². The van der Waals surface area contributed by atoms with Crippen LogP contribution in [0.1, 0.15) is 5.56 Å². The van der Waals surface area contributed by atoms with Crippen LogP contribution in [-0.2, 0) is 6.42 Å². The van der Waals surface area contributed by atoms with E-state index in [1.807, 2.05) is 0 Å². The Morgan fingerprint density at radius 3 is 2.79 bits per heavy atom. The summed E-state index contributed by atoms with van der Waals surface area (Å²) in [6, 6.07) is 4.36. The molecule has 0 atom stereocenters. The molecule has 1 nitrogen and oxygen atoms in total. The van der Waals surface area contributed by atoms with Gasteiger partial charge in [0, 0.05) is 17.0 Å².